The zero-order valence-electron chi connectivity index (χ0n) is 14.7. The number of halogens is 1. The van der Waals surface area contributed by atoms with Gasteiger partial charge in [0.25, 0.3) is 0 Å². The van der Waals surface area contributed by atoms with E-state index in [1.165, 1.54) is 28.8 Å². The summed E-state index contributed by atoms with van der Waals surface area (Å²) in [7, 11) is 0. The Morgan fingerprint density at radius 3 is 2.67 bits per heavy atom. The predicted molar refractivity (Wildman–Crippen MR) is 104 cm³/mol. The summed E-state index contributed by atoms with van der Waals surface area (Å²) in [6, 6.07) is 15.4. The van der Waals surface area contributed by atoms with Crippen LogP contribution in [0.15, 0.2) is 53.6 Å². The van der Waals surface area contributed by atoms with E-state index in [0.29, 0.717) is 11.5 Å². The van der Waals surface area contributed by atoms with Crippen LogP contribution in [0.5, 0.6) is 0 Å². The number of carbonyl (C=O) groups excluding carboxylic acids is 1. The van der Waals surface area contributed by atoms with Crippen molar-refractivity contribution in [3.63, 3.8) is 0 Å². The number of nitrogens with zero attached hydrogens (tertiary/aromatic N) is 4. The van der Waals surface area contributed by atoms with E-state index in [2.05, 4.69) is 9.97 Å². The number of rotatable bonds is 6. The molecule has 0 unspecified atom stereocenters. The molecule has 27 heavy (non-hydrogen) atoms. The van der Waals surface area contributed by atoms with Crippen LogP contribution in [0, 0.1) is 24.1 Å². The summed E-state index contributed by atoms with van der Waals surface area (Å²) in [4.78, 5) is 23.2. The highest BCUT2D eigenvalue weighted by Crippen LogP contribution is 2.26. The molecule has 1 heterocycles. The number of amides is 1. The van der Waals surface area contributed by atoms with E-state index < -0.39 is 0 Å². The van der Waals surface area contributed by atoms with Gasteiger partial charge >= 0.3 is 0 Å². The topological polar surface area (TPSA) is 69.9 Å². The highest BCUT2D eigenvalue weighted by molar-refractivity contribution is 8.00. The van der Waals surface area contributed by atoms with Crippen molar-refractivity contribution >= 4 is 34.3 Å². The molecule has 0 radical (unpaired) electrons. The highest BCUT2D eigenvalue weighted by atomic mass is 32.2. The van der Waals surface area contributed by atoms with Crippen LogP contribution in [-0.4, -0.2) is 28.2 Å². The second-order valence-electron chi connectivity index (χ2n) is 5.81. The van der Waals surface area contributed by atoms with Gasteiger partial charge in [-0.2, -0.15) is 5.26 Å². The van der Waals surface area contributed by atoms with Crippen molar-refractivity contribution < 1.29 is 9.18 Å². The number of benzene rings is 2. The first kappa shape index (κ1) is 18.8. The van der Waals surface area contributed by atoms with E-state index in [9.17, 15) is 9.18 Å². The lowest BCUT2D eigenvalue weighted by Crippen LogP contribution is -2.33. The zero-order valence-corrected chi connectivity index (χ0v) is 15.5. The van der Waals surface area contributed by atoms with E-state index >= 15 is 0 Å². The lowest BCUT2D eigenvalue weighted by Gasteiger charge is -2.21. The Morgan fingerprint density at radius 2 is 1.93 bits per heavy atom. The summed E-state index contributed by atoms with van der Waals surface area (Å²) in [5.41, 5.74) is 1.40. The number of anilines is 1. The molecule has 1 aromatic heterocycles. The van der Waals surface area contributed by atoms with Gasteiger partial charge < -0.3 is 4.90 Å². The molecule has 0 N–H and O–H groups in total. The van der Waals surface area contributed by atoms with Crippen LogP contribution < -0.4 is 4.90 Å². The van der Waals surface area contributed by atoms with Crippen LogP contribution in [0.1, 0.15) is 12.2 Å². The van der Waals surface area contributed by atoms with Gasteiger partial charge in [-0.05, 0) is 37.3 Å². The molecular weight excluding hydrogens is 363 g/mol. The second kappa shape index (κ2) is 8.60. The number of thioether (sulfide) groups is 1. The van der Waals surface area contributed by atoms with E-state index in [4.69, 9.17) is 5.26 Å². The van der Waals surface area contributed by atoms with Gasteiger partial charge in [0.15, 0.2) is 0 Å². The van der Waals surface area contributed by atoms with Crippen LogP contribution >= 0.6 is 11.8 Å². The maximum absolute atomic E-state index is 13.2. The smallest absolute Gasteiger partial charge is 0.237 e. The van der Waals surface area contributed by atoms with Crippen molar-refractivity contribution in [1.82, 2.24) is 9.97 Å². The second-order valence-corrected chi connectivity index (χ2v) is 6.78. The normalized spacial score (nSPS) is 10.6. The number of aromatic nitrogens is 2. The maximum atomic E-state index is 13.2. The molecule has 0 saturated heterocycles. The zero-order chi connectivity index (χ0) is 19.2. The van der Waals surface area contributed by atoms with E-state index in [1.807, 2.05) is 37.3 Å². The Balaban J connectivity index is 1.80. The third-order valence-corrected chi connectivity index (χ3v) is 4.87. The quantitative estimate of drug-likeness (QED) is 0.475. The molecule has 0 spiro atoms. The third kappa shape index (κ3) is 4.60. The van der Waals surface area contributed by atoms with Gasteiger partial charge in [-0.1, -0.05) is 30.0 Å². The molecule has 1 amide bonds. The van der Waals surface area contributed by atoms with Crippen molar-refractivity contribution in [3.05, 3.63) is 60.2 Å². The number of nitriles is 1. The van der Waals surface area contributed by atoms with Gasteiger partial charge in [-0.3, -0.25) is 4.79 Å². The van der Waals surface area contributed by atoms with Crippen molar-refractivity contribution in [2.45, 2.75) is 18.4 Å². The Morgan fingerprint density at radius 1 is 1.19 bits per heavy atom. The van der Waals surface area contributed by atoms with Gasteiger partial charge in [0, 0.05) is 17.6 Å². The molecule has 0 fully saturated rings. The molecule has 0 aliphatic heterocycles. The molecule has 3 aromatic rings. The molecule has 0 aliphatic rings. The SMILES string of the molecule is Cc1nc(SCC(=O)N(CCC#N)c2ccc(F)cc2)c2ccccc2n1. The summed E-state index contributed by atoms with van der Waals surface area (Å²) in [5, 5.41) is 10.5. The van der Waals surface area contributed by atoms with Crippen molar-refractivity contribution in [2.75, 3.05) is 17.2 Å². The highest BCUT2D eigenvalue weighted by Gasteiger charge is 2.17. The van der Waals surface area contributed by atoms with Crippen LogP contribution in [0.4, 0.5) is 10.1 Å². The molecule has 5 nitrogen and oxygen atoms in total. The molecule has 136 valence electrons. The van der Waals surface area contributed by atoms with Gasteiger partial charge in [-0.25, -0.2) is 14.4 Å². The van der Waals surface area contributed by atoms with Crippen LogP contribution in [0.25, 0.3) is 10.9 Å². The van der Waals surface area contributed by atoms with Gasteiger partial charge in [0.1, 0.15) is 16.7 Å². The summed E-state index contributed by atoms with van der Waals surface area (Å²) in [6.07, 6.45) is 0.198. The average Bonchev–Trinajstić information content (AvgIpc) is 2.67. The standard InChI is InChI=1S/C20H17FN4OS/c1-14-23-18-6-3-2-5-17(18)20(24-14)27-13-19(26)25(12-4-11-22)16-9-7-15(21)8-10-16/h2-3,5-10H,4,12-13H2,1H3. The van der Waals surface area contributed by atoms with Gasteiger partial charge in [-0.15, -0.1) is 0 Å². The Bertz CT molecular complexity index is 1000. The summed E-state index contributed by atoms with van der Waals surface area (Å²) < 4.78 is 13.2. The maximum Gasteiger partial charge on any atom is 0.237 e. The lowest BCUT2D eigenvalue weighted by molar-refractivity contribution is -0.116. The first-order chi connectivity index (χ1) is 13.1. The third-order valence-electron chi connectivity index (χ3n) is 3.90. The minimum absolute atomic E-state index is 0.156. The minimum Gasteiger partial charge on any atom is -0.311 e. The van der Waals surface area contributed by atoms with Crippen LogP contribution in [-0.2, 0) is 4.79 Å². The first-order valence-electron chi connectivity index (χ1n) is 8.37. The predicted octanol–water partition coefficient (Wildman–Crippen LogP) is 4.12. The molecule has 0 aliphatic carbocycles. The van der Waals surface area contributed by atoms with E-state index in [1.54, 1.807) is 12.1 Å². The molecule has 0 saturated carbocycles. The van der Waals surface area contributed by atoms with Crippen molar-refractivity contribution in [3.8, 4) is 6.07 Å². The number of fused-ring (bicyclic) bond motifs is 1. The Hall–Kier alpha value is -2.98. The number of hydrogen-bond donors (Lipinski definition) is 0. The summed E-state index contributed by atoms with van der Waals surface area (Å²) >= 11 is 1.33. The van der Waals surface area contributed by atoms with Gasteiger partial charge in [0.05, 0.1) is 23.8 Å². The number of hydrogen-bond acceptors (Lipinski definition) is 5. The Kier molecular flexibility index (Phi) is 5.99. The van der Waals surface area contributed by atoms with Crippen LogP contribution in [0.3, 0.4) is 0 Å². The first-order valence-corrected chi connectivity index (χ1v) is 9.36. The monoisotopic (exact) mass is 380 g/mol. The van der Waals surface area contributed by atoms with E-state index in [-0.39, 0.29) is 30.4 Å². The number of aryl methyl sites for hydroxylation is 1. The average molecular weight is 380 g/mol. The Labute approximate surface area is 160 Å². The fraction of sp³-hybridized carbons (Fsp3) is 0.200. The molecule has 3 rings (SSSR count). The minimum atomic E-state index is -0.372. The number of carbonyl (C=O) groups is 1. The molecule has 0 atom stereocenters. The van der Waals surface area contributed by atoms with E-state index in [0.717, 1.165) is 15.9 Å². The fourth-order valence-electron chi connectivity index (χ4n) is 2.66. The van der Waals surface area contributed by atoms with Crippen LogP contribution in [0.2, 0.25) is 0 Å². The summed E-state index contributed by atoms with van der Waals surface area (Å²) in [5.74, 6) is 0.262. The molecule has 2 aromatic carbocycles. The largest absolute Gasteiger partial charge is 0.311 e. The molecule has 7 heteroatoms. The van der Waals surface area contributed by atoms with Crippen molar-refractivity contribution in [1.29, 1.82) is 5.26 Å². The molecular formula is C20H17FN4OS. The number of para-hydroxylation sites is 1. The lowest BCUT2D eigenvalue weighted by atomic mass is 10.2. The fourth-order valence-corrected chi connectivity index (χ4v) is 3.60. The van der Waals surface area contributed by atoms with Gasteiger partial charge in [0.2, 0.25) is 5.91 Å². The molecule has 0 bridgehead atoms. The van der Waals surface area contributed by atoms with Crippen molar-refractivity contribution in [2.24, 2.45) is 0 Å². The summed E-state index contributed by atoms with van der Waals surface area (Å²) in [6.45, 7) is 2.07.